The third-order valence-electron chi connectivity index (χ3n) is 7.38. The molecule has 2 atom stereocenters. The fourth-order valence-corrected chi connectivity index (χ4v) is 7.79. The van der Waals surface area contributed by atoms with Gasteiger partial charge >= 0.3 is 5.97 Å². The molecule has 0 radical (unpaired) electrons. The number of hydrogen-bond acceptors (Lipinski definition) is 4. The minimum absolute atomic E-state index is 0.0286. The second-order valence-electron chi connectivity index (χ2n) is 10.1. The lowest BCUT2D eigenvalue weighted by atomic mass is 9.97. The van der Waals surface area contributed by atoms with Crippen LogP contribution in [-0.2, 0) is 26.0 Å². The molecular weight excluding hydrogens is 573 g/mol. The fraction of sp³-hybridized carbons (Fsp3) is 0.241. The Labute approximate surface area is 242 Å². The van der Waals surface area contributed by atoms with Gasteiger partial charge in [0.05, 0.1) is 10.4 Å². The van der Waals surface area contributed by atoms with Gasteiger partial charge < -0.3 is 15.4 Å². The number of carbonyl (C=O) groups excluding carboxylic acids is 1. The molecule has 5 rings (SSSR count). The monoisotopic (exact) mass is 599 g/mol. The molecular formula is C29H27Cl2N3O5S. The van der Waals surface area contributed by atoms with Crippen molar-refractivity contribution in [3.8, 4) is 11.1 Å². The summed E-state index contributed by atoms with van der Waals surface area (Å²) in [7, 11) is -4.14. The van der Waals surface area contributed by atoms with E-state index < -0.39 is 33.5 Å². The highest BCUT2D eigenvalue weighted by atomic mass is 35.5. The number of aliphatic carboxylic acids is 1. The zero-order chi connectivity index (χ0) is 28.7. The van der Waals surface area contributed by atoms with Crippen LogP contribution in [0.4, 0.5) is 0 Å². The molecule has 1 aliphatic rings. The van der Waals surface area contributed by atoms with Crippen molar-refractivity contribution in [2.45, 2.75) is 42.7 Å². The average molecular weight is 601 g/mol. The molecule has 0 saturated carbocycles. The molecule has 4 aromatic rings. The van der Waals surface area contributed by atoms with Gasteiger partial charge in [-0.25, -0.2) is 13.2 Å². The van der Waals surface area contributed by atoms with Gasteiger partial charge in [-0.1, -0.05) is 65.7 Å². The Morgan fingerprint density at radius 3 is 2.45 bits per heavy atom. The summed E-state index contributed by atoms with van der Waals surface area (Å²) in [4.78, 5) is 28.8. The van der Waals surface area contributed by atoms with Crippen molar-refractivity contribution < 1.29 is 23.1 Å². The smallest absolute Gasteiger partial charge is 0.326 e. The highest BCUT2D eigenvalue weighted by Gasteiger charge is 2.50. The van der Waals surface area contributed by atoms with Crippen molar-refractivity contribution in [2.75, 3.05) is 6.54 Å². The first-order valence-electron chi connectivity index (χ1n) is 12.7. The summed E-state index contributed by atoms with van der Waals surface area (Å²) in [6.07, 6.45) is 2.58. The predicted octanol–water partition coefficient (Wildman–Crippen LogP) is 5.50. The number of halogens is 2. The van der Waals surface area contributed by atoms with E-state index >= 15 is 0 Å². The van der Waals surface area contributed by atoms with E-state index in [1.807, 2.05) is 54.7 Å². The molecule has 2 heterocycles. The third kappa shape index (κ3) is 5.34. The van der Waals surface area contributed by atoms with Crippen molar-refractivity contribution in [3.05, 3.63) is 88.5 Å². The van der Waals surface area contributed by atoms with Crippen molar-refractivity contribution in [1.82, 2.24) is 14.6 Å². The fourth-order valence-electron chi connectivity index (χ4n) is 5.25. The van der Waals surface area contributed by atoms with Crippen molar-refractivity contribution in [2.24, 2.45) is 0 Å². The molecule has 11 heteroatoms. The van der Waals surface area contributed by atoms with Crippen LogP contribution in [0.25, 0.3) is 22.0 Å². The van der Waals surface area contributed by atoms with Crippen LogP contribution in [0.2, 0.25) is 10.0 Å². The van der Waals surface area contributed by atoms with Gasteiger partial charge in [-0.15, -0.1) is 0 Å². The number of nitrogens with zero attached hydrogens (tertiary/aromatic N) is 1. The number of amides is 1. The first kappa shape index (κ1) is 28.2. The number of fused-ring (bicyclic) bond motifs is 1. The Morgan fingerprint density at radius 1 is 1.07 bits per heavy atom. The first-order chi connectivity index (χ1) is 19.0. The lowest BCUT2D eigenvalue weighted by Crippen LogP contribution is -2.58. The number of carboxylic acid groups (broad SMARTS) is 1. The van der Waals surface area contributed by atoms with E-state index in [0.717, 1.165) is 26.3 Å². The standard InChI is InChI=1S/C29H27Cl2N3O5S/c1-29(11-3-13-34(29)40(38,39)23-16-21(30)15-22(31)17-23)28(37)33-25(27(35)36)14-18-6-8-19(9-7-18)24-5-2-4-20-10-12-32-26(20)24/h2,4-10,12,15-17,25,32H,3,11,13-14H2,1H3,(H,33,37)(H,35,36)/t25-,29-/m0/s1. The number of hydrogen-bond donors (Lipinski definition) is 3. The van der Waals surface area contributed by atoms with Gasteiger partial charge in [-0.2, -0.15) is 4.31 Å². The largest absolute Gasteiger partial charge is 0.480 e. The zero-order valence-electron chi connectivity index (χ0n) is 21.5. The maximum atomic E-state index is 13.5. The Kier molecular flexibility index (Phi) is 7.67. The molecule has 208 valence electrons. The van der Waals surface area contributed by atoms with E-state index in [-0.39, 0.29) is 34.3 Å². The van der Waals surface area contributed by atoms with Gasteiger partial charge in [0.2, 0.25) is 15.9 Å². The van der Waals surface area contributed by atoms with Crippen molar-refractivity contribution in [3.63, 3.8) is 0 Å². The van der Waals surface area contributed by atoms with Crippen molar-refractivity contribution >= 4 is 56.0 Å². The number of carbonyl (C=O) groups is 2. The molecule has 1 aromatic heterocycles. The van der Waals surface area contributed by atoms with Crippen LogP contribution >= 0.6 is 23.2 Å². The highest BCUT2D eigenvalue weighted by molar-refractivity contribution is 7.89. The van der Waals surface area contributed by atoms with E-state index in [4.69, 9.17) is 23.2 Å². The van der Waals surface area contributed by atoms with E-state index in [1.165, 1.54) is 25.1 Å². The average Bonchev–Trinajstić information content (AvgIpc) is 3.56. The second kappa shape index (κ2) is 10.9. The number of benzene rings is 3. The van der Waals surface area contributed by atoms with Crippen LogP contribution in [0.3, 0.4) is 0 Å². The van der Waals surface area contributed by atoms with Crippen LogP contribution < -0.4 is 5.32 Å². The lowest BCUT2D eigenvalue weighted by Gasteiger charge is -2.34. The number of para-hydroxylation sites is 1. The molecule has 1 amide bonds. The molecule has 1 fully saturated rings. The maximum absolute atomic E-state index is 13.5. The van der Waals surface area contributed by atoms with E-state index in [1.54, 1.807) is 0 Å². The Morgan fingerprint density at radius 2 is 1.77 bits per heavy atom. The van der Waals surface area contributed by atoms with Crippen LogP contribution in [-0.4, -0.2) is 52.8 Å². The summed E-state index contributed by atoms with van der Waals surface area (Å²) < 4.78 is 28.1. The minimum atomic E-state index is -4.14. The Bertz CT molecular complexity index is 1680. The highest BCUT2D eigenvalue weighted by Crippen LogP contribution is 2.36. The predicted molar refractivity (Wildman–Crippen MR) is 155 cm³/mol. The molecule has 0 unspecified atom stereocenters. The van der Waals surface area contributed by atoms with E-state index in [9.17, 15) is 23.1 Å². The van der Waals surface area contributed by atoms with Crippen LogP contribution in [0.15, 0.2) is 77.8 Å². The number of rotatable bonds is 8. The van der Waals surface area contributed by atoms with Crippen molar-refractivity contribution in [1.29, 1.82) is 0 Å². The number of carboxylic acids is 1. The topological polar surface area (TPSA) is 120 Å². The van der Waals surface area contributed by atoms with Crippen LogP contribution in [0.1, 0.15) is 25.3 Å². The summed E-state index contributed by atoms with van der Waals surface area (Å²) >= 11 is 12.1. The first-order valence-corrected chi connectivity index (χ1v) is 14.9. The van der Waals surface area contributed by atoms with E-state index in [2.05, 4.69) is 10.3 Å². The number of aromatic nitrogens is 1. The summed E-state index contributed by atoms with van der Waals surface area (Å²) in [6.45, 7) is 1.61. The Hall–Kier alpha value is -3.37. The number of sulfonamides is 1. The normalized spacial score (nSPS) is 18.6. The van der Waals surface area contributed by atoms with Gasteiger partial charge in [-0.3, -0.25) is 4.79 Å². The SMILES string of the molecule is C[C@@]1(C(=O)N[C@@H](Cc2ccc(-c3cccc4cc[nH]c34)cc2)C(=O)O)CCCN1S(=O)(=O)c1cc(Cl)cc(Cl)c1. The molecule has 3 aromatic carbocycles. The lowest BCUT2D eigenvalue weighted by molar-refractivity contribution is -0.143. The minimum Gasteiger partial charge on any atom is -0.480 e. The van der Waals surface area contributed by atoms with Gasteiger partial charge in [0.25, 0.3) is 0 Å². The quantitative estimate of drug-likeness (QED) is 0.247. The molecule has 3 N–H and O–H groups in total. The molecule has 40 heavy (non-hydrogen) atoms. The molecule has 0 bridgehead atoms. The molecule has 0 spiro atoms. The molecule has 0 aliphatic carbocycles. The number of nitrogens with one attached hydrogen (secondary N) is 2. The zero-order valence-corrected chi connectivity index (χ0v) is 23.9. The number of H-pyrrole nitrogens is 1. The Balaban J connectivity index is 1.34. The van der Waals surface area contributed by atoms with E-state index in [0.29, 0.717) is 12.0 Å². The second-order valence-corrected chi connectivity index (χ2v) is 12.8. The summed E-state index contributed by atoms with van der Waals surface area (Å²) in [5, 5.41) is 13.9. The van der Waals surface area contributed by atoms with Crippen LogP contribution in [0, 0.1) is 0 Å². The third-order valence-corrected chi connectivity index (χ3v) is 9.82. The maximum Gasteiger partial charge on any atom is 0.326 e. The summed E-state index contributed by atoms with van der Waals surface area (Å²) in [6, 6.07) is 18.2. The summed E-state index contributed by atoms with van der Waals surface area (Å²) in [5.41, 5.74) is 2.22. The molecule has 8 nitrogen and oxygen atoms in total. The number of aromatic amines is 1. The summed E-state index contributed by atoms with van der Waals surface area (Å²) in [5.74, 6) is -1.89. The molecule has 1 aliphatic heterocycles. The van der Waals surface area contributed by atoms with Crippen LogP contribution in [0.5, 0.6) is 0 Å². The van der Waals surface area contributed by atoms with Gasteiger partial charge in [0.1, 0.15) is 11.6 Å². The van der Waals surface area contributed by atoms with Gasteiger partial charge in [0.15, 0.2) is 0 Å². The molecule has 1 saturated heterocycles. The van der Waals surface area contributed by atoms with Gasteiger partial charge in [-0.05, 0) is 60.5 Å². The van der Waals surface area contributed by atoms with Gasteiger partial charge in [0, 0.05) is 34.8 Å².